The Hall–Kier alpha value is -1.47. The molecule has 2 aliphatic rings. The van der Waals surface area contributed by atoms with E-state index < -0.39 is 11.6 Å². The molecule has 3 rings (SSSR count). The Morgan fingerprint density at radius 2 is 1.95 bits per heavy atom. The Balaban J connectivity index is 1.58. The van der Waals surface area contributed by atoms with E-state index in [2.05, 4.69) is 5.32 Å². The van der Waals surface area contributed by atoms with Crippen LogP contribution < -0.4 is 5.32 Å². The maximum Gasteiger partial charge on any atom is 0.131 e. The van der Waals surface area contributed by atoms with Gasteiger partial charge in [0.1, 0.15) is 11.6 Å². The Bertz CT molecular complexity index is 527. The van der Waals surface area contributed by atoms with Crippen molar-refractivity contribution in [2.45, 2.75) is 32.2 Å². The minimum atomic E-state index is -0.637. The molecule has 2 bridgehead atoms. The Morgan fingerprint density at radius 3 is 2.50 bits per heavy atom. The molecule has 2 saturated carbocycles. The summed E-state index contributed by atoms with van der Waals surface area (Å²) < 4.78 is 27.4. The first-order valence-corrected chi connectivity index (χ1v) is 7.26. The predicted octanol–water partition coefficient (Wildman–Crippen LogP) is 3.36. The van der Waals surface area contributed by atoms with Gasteiger partial charge < -0.3 is 5.32 Å². The number of fused-ring (bicyclic) bond motifs is 2. The molecule has 1 aromatic rings. The largest absolute Gasteiger partial charge is 0.312 e. The van der Waals surface area contributed by atoms with Crippen molar-refractivity contribution < 1.29 is 8.78 Å². The van der Waals surface area contributed by atoms with Crippen molar-refractivity contribution in [2.75, 3.05) is 6.54 Å². The maximum atomic E-state index is 13.7. The van der Waals surface area contributed by atoms with Crippen molar-refractivity contribution in [3.05, 3.63) is 34.9 Å². The lowest BCUT2D eigenvalue weighted by molar-refractivity contribution is 0.317. The molecule has 0 amide bonds. The molecule has 0 radical (unpaired) electrons. The van der Waals surface area contributed by atoms with Gasteiger partial charge in [-0.2, -0.15) is 5.26 Å². The summed E-state index contributed by atoms with van der Waals surface area (Å²) in [5.74, 6) is 1.08. The number of nitriles is 1. The summed E-state index contributed by atoms with van der Waals surface area (Å²) in [7, 11) is 0. The second-order valence-corrected chi connectivity index (χ2v) is 6.10. The zero-order valence-corrected chi connectivity index (χ0v) is 11.3. The van der Waals surface area contributed by atoms with Crippen molar-refractivity contribution in [2.24, 2.45) is 17.8 Å². The molecule has 0 heterocycles. The minimum absolute atomic E-state index is 0.0249. The highest BCUT2D eigenvalue weighted by molar-refractivity contribution is 5.34. The van der Waals surface area contributed by atoms with Crippen LogP contribution in [0.15, 0.2) is 12.1 Å². The zero-order chi connectivity index (χ0) is 14.1. The van der Waals surface area contributed by atoms with Crippen molar-refractivity contribution in [3.8, 4) is 6.07 Å². The van der Waals surface area contributed by atoms with Crippen molar-refractivity contribution in [1.82, 2.24) is 5.32 Å². The summed E-state index contributed by atoms with van der Waals surface area (Å²) in [4.78, 5) is 0. The van der Waals surface area contributed by atoms with Crippen LogP contribution in [-0.4, -0.2) is 6.54 Å². The van der Waals surface area contributed by atoms with E-state index in [1.54, 1.807) is 6.07 Å². The fraction of sp³-hybridized carbons (Fsp3) is 0.562. The molecule has 0 aliphatic heterocycles. The van der Waals surface area contributed by atoms with Crippen LogP contribution in [0.1, 0.15) is 36.8 Å². The number of benzene rings is 1. The third kappa shape index (κ3) is 2.55. The van der Waals surface area contributed by atoms with E-state index in [0.29, 0.717) is 5.92 Å². The van der Waals surface area contributed by atoms with Crippen molar-refractivity contribution in [3.63, 3.8) is 0 Å². The highest BCUT2D eigenvalue weighted by atomic mass is 19.1. The van der Waals surface area contributed by atoms with Crippen LogP contribution in [-0.2, 0) is 6.54 Å². The van der Waals surface area contributed by atoms with Crippen LogP contribution in [0.3, 0.4) is 0 Å². The van der Waals surface area contributed by atoms with Gasteiger partial charge in [-0.05, 0) is 55.7 Å². The molecule has 106 valence electrons. The molecule has 0 spiro atoms. The van der Waals surface area contributed by atoms with E-state index in [4.69, 9.17) is 5.26 Å². The van der Waals surface area contributed by atoms with Crippen LogP contribution >= 0.6 is 0 Å². The fourth-order valence-corrected chi connectivity index (χ4v) is 3.85. The van der Waals surface area contributed by atoms with Crippen LogP contribution in [0.4, 0.5) is 8.78 Å². The summed E-state index contributed by atoms with van der Waals surface area (Å²) in [5.41, 5.74) is 0.0593. The smallest absolute Gasteiger partial charge is 0.131 e. The molecule has 1 aromatic carbocycles. The number of nitrogens with one attached hydrogen (secondary N) is 1. The second-order valence-electron chi connectivity index (χ2n) is 6.10. The van der Waals surface area contributed by atoms with Gasteiger partial charge in [-0.3, -0.25) is 0 Å². The zero-order valence-electron chi connectivity index (χ0n) is 11.3. The molecule has 0 saturated heterocycles. The highest BCUT2D eigenvalue weighted by Crippen LogP contribution is 2.47. The molecular formula is C16H18F2N2. The standard InChI is InChI=1S/C16H18F2N2/c17-15-5-11(7-19)6-16(18)14(15)9-20-8-13-4-10-1-2-12(13)3-10/h5-6,10,12-13,20H,1-4,8-9H2. The SMILES string of the molecule is N#Cc1cc(F)c(CNCC2CC3CCC2C3)c(F)c1. The van der Waals surface area contributed by atoms with E-state index in [0.717, 1.165) is 30.5 Å². The normalized spacial score (nSPS) is 27.8. The summed E-state index contributed by atoms with van der Waals surface area (Å²) in [6, 6.07) is 3.94. The summed E-state index contributed by atoms with van der Waals surface area (Å²) in [5, 5.41) is 11.8. The van der Waals surface area contributed by atoms with Crippen LogP contribution in [0.2, 0.25) is 0 Å². The third-order valence-corrected chi connectivity index (χ3v) is 4.86. The number of hydrogen-bond acceptors (Lipinski definition) is 2. The van der Waals surface area contributed by atoms with Crippen LogP contribution in [0.25, 0.3) is 0 Å². The van der Waals surface area contributed by atoms with Gasteiger partial charge in [-0.1, -0.05) is 6.42 Å². The van der Waals surface area contributed by atoms with Gasteiger partial charge in [0.25, 0.3) is 0 Å². The first-order chi connectivity index (χ1) is 9.67. The lowest BCUT2D eigenvalue weighted by Gasteiger charge is -2.22. The van der Waals surface area contributed by atoms with Gasteiger partial charge in [0.2, 0.25) is 0 Å². The summed E-state index contributed by atoms with van der Waals surface area (Å²) in [6.07, 6.45) is 5.28. The molecule has 20 heavy (non-hydrogen) atoms. The lowest BCUT2D eigenvalue weighted by Crippen LogP contribution is -2.26. The van der Waals surface area contributed by atoms with E-state index in [-0.39, 0.29) is 17.7 Å². The van der Waals surface area contributed by atoms with E-state index in [1.165, 1.54) is 25.7 Å². The van der Waals surface area contributed by atoms with Gasteiger partial charge in [0, 0.05) is 12.1 Å². The van der Waals surface area contributed by atoms with Gasteiger partial charge in [0.15, 0.2) is 0 Å². The molecule has 0 aromatic heterocycles. The second kappa shape index (κ2) is 5.49. The summed E-state index contributed by atoms with van der Waals surface area (Å²) in [6.45, 7) is 1.03. The van der Waals surface area contributed by atoms with E-state index in [9.17, 15) is 8.78 Å². The minimum Gasteiger partial charge on any atom is -0.312 e. The molecular weight excluding hydrogens is 258 g/mol. The number of rotatable bonds is 4. The van der Waals surface area contributed by atoms with Gasteiger partial charge >= 0.3 is 0 Å². The highest BCUT2D eigenvalue weighted by Gasteiger charge is 2.38. The Labute approximate surface area is 117 Å². The topological polar surface area (TPSA) is 35.8 Å². The first kappa shape index (κ1) is 13.5. The lowest BCUT2D eigenvalue weighted by atomic mass is 9.89. The van der Waals surface area contributed by atoms with Gasteiger partial charge in [-0.25, -0.2) is 8.78 Å². The van der Waals surface area contributed by atoms with Crippen LogP contribution in [0.5, 0.6) is 0 Å². The Kier molecular flexibility index (Phi) is 3.71. The fourth-order valence-electron chi connectivity index (χ4n) is 3.85. The Morgan fingerprint density at radius 1 is 1.20 bits per heavy atom. The number of halogens is 2. The van der Waals surface area contributed by atoms with E-state index >= 15 is 0 Å². The molecule has 2 nitrogen and oxygen atoms in total. The average molecular weight is 276 g/mol. The maximum absolute atomic E-state index is 13.7. The number of hydrogen-bond donors (Lipinski definition) is 1. The summed E-state index contributed by atoms with van der Waals surface area (Å²) >= 11 is 0. The quantitative estimate of drug-likeness (QED) is 0.915. The molecule has 1 N–H and O–H groups in total. The molecule has 3 atom stereocenters. The van der Waals surface area contributed by atoms with Crippen molar-refractivity contribution >= 4 is 0 Å². The molecule has 2 fully saturated rings. The first-order valence-electron chi connectivity index (χ1n) is 7.26. The average Bonchev–Trinajstić information content (AvgIpc) is 3.04. The number of nitrogens with zero attached hydrogens (tertiary/aromatic N) is 1. The molecule has 2 aliphatic carbocycles. The van der Waals surface area contributed by atoms with Crippen molar-refractivity contribution in [1.29, 1.82) is 5.26 Å². The van der Waals surface area contributed by atoms with Gasteiger partial charge in [0.05, 0.1) is 11.6 Å². The third-order valence-electron chi connectivity index (χ3n) is 4.86. The van der Waals surface area contributed by atoms with Gasteiger partial charge in [-0.15, -0.1) is 0 Å². The monoisotopic (exact) mass is 276 g/mol. The van der Waals surface area contributed by atoms with Crippen LogP contribution in [0, 0.1) is 40.7 Å². The molecule has 3 unspecified atom stereocenters. The predicted molar refractivity (Wildman–Crippen MR) is 71.7 cm³/mol. The van der Waals surface area contributed by atoms with E-state index in [1.807, 2.05) is 0 Å². The molecule has 4 heteroatoms.